The molecule has 1 heterocycles. The third-order valence-electron chi connectivity index (χ3n) is 5.58. The lowest BCUT2D eigenvalue weighted by atomic mass is 9.84. The first-order valence-electron chi connectivity index (χ1n) is 8.47. The van der Waals surface area contributed by atoms with Crippen LogP contribution in [0.25, 0.3) is 5.70 Å². The van der Waals surface area contributed by atoms with Crippen LogP contribution in [-0.4, -0.2) is 36.5 Å². The Morgan fingerprint density at radius 1 is 1.21 bits per heavy atom. The quantitative estimate of drug-likeness (QED) is 0.838. The lowest BCUT2D eigenvalue weighted by Gasteiger charge is -2.41. The van der Waals surface area contributed by atoms with E-state index in [0.29, 0.717) is 12.0 Å². The van der Waals surface area contributed by atoms with Gasteiger partial charge in [-0.05, 0) is 56.4 Å². The predicted molar refractivity (Wildman–Crippen MR) is 93.4 cm³/mol. The number of carbonyl (C=O) groups excluding carboxylic acids is 1. The van der Waals surface area contributed by atoms with Crippen molar-refractivity contribution in [1.82, 2.24) is 4.90 Å². The fourth-order valence-corrected chi connectivity index (χ4v) is 3.62. The number of ether oxygens (including phenoxy) is 1. The first kappa shape index (κ1) is 16.7. The van der Waals surface area contributed by atoms with Gasteiger partial charge < -0.3 is 9.64 Å². The summed E-state index contributed by atoms with van der Waals surface area (Å²) < 4.78 is 5.62. The molecular weight excluding hydrogens is 300 g/mol. The van der Waals surface area contributed by atoms with Crippen LogP contribution in [0, 0.1) is 25.2 Å². The molecule has 4 heteroatoms. The molecule has 0 unspecified atom stereocenters. The molecule has 0 spiro atoms. The summed E-state index contributed by atoms with van der Waals surface area (Å²) in [5, 5.41) is 9.58. The minimum absolute atomic E-state index is 0.0664. The van der Waals surface area contributed by atoms with Crippen LogP contribution in [0.15, 0.2) is 17.7 Å². The van der Waals surface area contributed by atoms with Gasteiger partial charge in [0.25, 0.3) is 0 Å². The van der Waals surface area contributed by atoms with Crippen LogP contribution in [0.2, 0.25) is 0 Å². The van der Waals surface area contributed by atoms with Crippen LogP contribution in [0.1, 0.15) is 42.0 Å². The van der Waals surface area contributed by atoms with Crippen molar-refractivity contribution in [3.8, 4) is 6.07 Å². The third kappa shape index (κ3) is 2.74. The number of likely N-dealkylation sites (tertiary alicyclic amines) is 1. The number of ketones is 1. The van der Waals surface area contributed by atoms with Gasteiger partial charge in [-0.25, -0.2) is 0 Å². The minimum Gasteiger partial charge on any atom is -0.378 e. The fraction of sp³-hybridized carbons (Fsp3) is 0.500. The first-order valence-corrected chi connectivity index (χ1v) is 8.47. The Bertz CT molecular complexity index is 763. The zero-order valence-electron chi connectivity index (χ0n) is 14.9. The van der Waals surface area contributed by atoms with Crippen molar-refractivity contribution >= 4 is 11.5 Å². The van der Waals surface area contributed by atoms with E-state index in [0.717, 1.165) is 42.8 Å². The van der Waals surface area contributed by atoms with Gasteiger partial charge in [-0.3, -0.25) is 4.79 Å². The zero-order chi connectivity index (χ0) is 17.5. The molecule has 1 aromatic carbocycles. The van der Waals surface area contributed by atoms with E-state index in [1.165, 1.54) is 11.1 Å². The molecule has 0 bridgehead atoms. The van der Waals surface area contributed by atoms with Gasteiger partial charge in [0.05, 0.1) is 11.3 Å². The van der Waals surface area contributed by atoms with Gasteiger partial charge in [0.2, 0.25) is 0 Å². The standard InChI is InChI=1S/C20H24N2O2/c1-13-9-15-11-18(23)17(12-21)19(16(15)10-14(13)2)22-7-5-20(3,24-4)6-8-22/h9-10H,5-8,11H2,1-4H3. The highest BCUT2D eigenvalue weighted by molar-refractivity contribution is 6.10. The summed E-state index contributed by atoms with van der Waals surface area (Å²) in [6.45, 7) is 7.86. The zero-order valence-corrected chi connectivity index (χ0v) is 14.9. The van der Waals surface area contributed by atoms with Gasteiger partial charge in [0.1, 0.15) is 11.6 Å². The molecule has 1 aliphatic heterocycles. The largest absolute Gasteiger partial charge is 0.378 e. The smallest absolute Gasteiger partial charge is 0.179 e. The average molecular weight is 324 g/mol. The molecule has 0 N–H and O–H groups in total. The maximum Gasteiger partial charge on any atom is 0.179 e. The molecule has 4 nitrogen and oxygen atoms in total. The van der Waals surface area contributed by atoms with Gasteiger partial charge in [-0.2, -0.15) is 5.26 Å². The van der Waals surface area contributed by atoms with Crippen LogP contribution in [0.5, 0.6) is 0 Å². The van der Waals surface area contributed by atoms with E-state index in [9.17, 15) is 10.1 Å². The second-order valence-electron chi connectivity index (χ2n) is 7.17. The summed E-state index contributed by atoms with van der Waals surface area (Å²) in [6, 6.07) is 6.40. The van der Waals surface area contributed by atoms with E-state index < -0.39 is 0 Å². The summed E-state index contributed by atoms with van der Waals surface area (Å²) in [5.74, 6) is -0.0664. The normalized spacial score (nSPS) is 20.0. The Balaban J connectivity index is 2.06. The molecule has 0 amide bonds. The van der Waals surface area contributed by atoms with Crippen molar-refractivity contribution in [1.29, 1.82) is 5.26 Å². The molecule has 1 aromatic rings. The molecular formula is C20H24N2O2. The maximum absolute atomic E-state index is 12.5. The van der Waals surface area contributed by atoms with Crippen molar-refractivity contribution < 1.29 is 9.53 Å². The van der Waals surface area contributed by atoms with Gasteiger partial charge in [-0.15, -0.1) is 0 Å². The molecule has 0 saturated carbocycles. The number of hydrogen-bond donors (Lipinski definition) is 0. The van der Waals surface area contributed by atoms with E-state index in [1.807, 2.05) is 0 Å². The highest BCUT2D eigenvalue weighted by Gasteiger charge is 2.35. The van der Waals surface area contributed by atoms with Gasteiger partial charge in [0, 0.05) is 32.2 Å². The number of methoxy groups -OCH3 is 1. The Morgan fingerprint density at radius 2 is 1.83 bits per heavy atom. The van der Waals surface area contributed by atoms with E-state index in [4.69, 9.17) is 4.74 Å². The number of Topliss-reactive ketones (excluding diaryl/α,β-unsaturated/α-hetero) is 1. The van der Waals surface area contributed by atoms with Crippen molar-refractivity contribution in [3.63, 3.8) is 0 Å². The molecule has 0 radical (unpaired) electrons. The number of piperidine rings is 1. The number of nitrogens with zero attached hydrogens (tertiary/aromatic N) is 2. The Labute approximate surface area is 143 Å². The number of benzene rings is 1. The molecule has 1 fully saturated rings. The Kier molecular flexibility index (Phi) is 4.23. The first-order chi connectivity index (χ1) is 11.4. The van der Waals surface area contributed by atoms with Crippen LogP contribution < -0.4 is 0 Å². The van der Waals surface area contributed by atoms with Crippen molar-refractivity contribution in [2.45, 2.75) is 45.6 Å². The summed E-state index contributed by atoms with van der Waals surface area (Å²) in [4.78, 5) is 14.7. The SMILES string of the molecule is COC1(C)CCN(C2=C(C#N)C(=O)Cc3cc(C)c(C)cc32)CC1. The van der Waals surface area contributed by atoms with E-state index in [-0.39, 0.29) is 11.4 Å². The number of rotatable bonds is 2. The molecule has 0 aromatic heterocycles. The second kappa shape index (κ2) is 6.07. The number of hydrogen-bond acceptors (Lipinski definition) is 4. The number of carbonyl (C=O) groups is 1. The number of aryl methyl sites for hydroxylation is 2. The van der Waals surface area contributed by atoms with E-state index in [2.05, 4.69) is 43.9 Å². The predicted octanol–water partition coefficient (Wildman–Crippen LogP) is 3.16. The number of nitriles is 1. The van der Waals surface area contributed by atoms with Crippen LogP contribution >= 0.6 is 0 Å². The van der Waals surface area contributed by atoms with Gasteiger partial charge >= 0.3 is 0 Å². The van der Waals surface area contributed by atoms with E-state index in [1.54, 1.807) is 7.11 Å². The second-order valence-corrected chi connectivity index (χ2v) is 7.17. The van der Waals surface area contributed by atoms with Crippen LogP contribution in [-0.2, 0) is 16.0 Å². The summed E-state index contributed by atoms with van der Waals surface area (Å²) >= 11 is 0. The molecule has 1 saturated heterocycles. The van der Waals surface area contributed by atoms with Gasteiger partial charge in [-0.1, -0.05) is 6.07 Å². The van der Waals surface area contributed by atoms with Crippen LogP contribution in [0.3, 0.4) is 0 Å². The molecule has 3 rings (SSSR count). The highest BCUT2D eigenvalue weighted by Crippen LogP contribution is 2.37. The molecule has 2 aliphatic rings. The topological polar surface area (TPSA) is 53.3 Å². The molecule has 1 aliphatic carbocycles. The summed E-state index contributed by atoms with van der Waals surface area (Å²) in [5.41, 5.74) is 5.49. The van der Waals surface area contributed by atoms with Crippen molar-refractivity contribution in [2.24, 2.45) is 0 Å². The monoisotopic (exact) mass is 324 g/mol. The molecule has 0 atom stereocenters. The highest BCUT2D eigenvalue weighted by atomic mass is 16.5. The summed E-state index contributed by atoms with van der Waals surface area (Å²) in [6.07, 6.45) is 2.10. The Hall–Kier alpha value is -2.12. The molecule has 24 heavy (non-hydrogen) atoms. The maximum atomic E-state index is 12.5. The number of allylic oxidation sites excluding steroid dienone is 1. The molecule has 126 valence electrons. The van der Waals surface area contributed by atoms with Crippen molar-refractivity contribution in [3.05, 3.63) is 40.0 Å². The average Bonchev–Trinajstić information content (AvgIpc) is 2.56. The van der Waals surface area contributed by atoms with Crippen LogP contribution in [0.4, 0.5) is 0 Å². The lowest BCUT2D eigenvalue weighted by Crippen LogP contribution is -2.43. The fourth-order valence-electron chi connectivity index (χ4n) is 3.62. The Morgan fingerprint density at radius 3 is 2.42 bits per heavy atom. The van der Waals surface area contributed by atoms with Crippen molar-refractivity contribution in [2.75, 3.05) is 20.2 Å². The third-order valence-corrected chi connectivity index (χ3v) is 5.58. The van der Waals surface area contributed by atoms with Gasteiger partial charge in [0.15, 0.2) is 5.78 Å². The minimum atomic E-state index is -0.117. The summed E-state index contributed by atoms with van der Waals surface area (Å²) in [7, 11) is 1.75. The lowest BCUT2D eigenvalue weighted by molar-refractivity contribution is -0.114. The van der Waals surface area contributed by atoms with E-state index >= 15 is 0 Å². The number of fused-ring (bicyclic) bond motifs is 1.